The summed E-state index contributed by atoms with van der Waals surface area (Å²) in [5, 5.41) is 0.923. The van der Waals surface area contributed by atoms with Crippen LogP contribution < -0.4 is 15.3 Å². The Bertz CT molecular complexity index is 1280. The molecular formula is C24H18BrNO3. The van der Waals surface area contributed by atoms with Crippen molar-refractivity contribution in [1.82, 2.24) is 0 Å². The fourth-order valence-corrected chi connectivity index (χ4v) is 4.30. The van der Waals surface area contributed by atoms with Crippen LogP contribution in [0.5, 0.6) is 5.75 Å². The molecule has 4 aromatic rings. The molecule has 0 atom stereocenters. The molecule has 144 valence electrons. The number of nitrogens with zero attached hydrogens (tertiary/aromatic N) is 1. The van der Waals surface area contributed by atoms with E-state index in [-0.39, 0.29) is 5.63 Å². The van der Waals surface area contributed by atoms with Gasteiger partial charge in [-0.05, 0) is 42.3 Å². The third-order valence-corrected chi connectivity index (χ3v) is 5.77. The van der Waals surface area contributed by atoms with E-state index in [0.29, 0.717) is 12.3 Å². The van der Waals surface area contributed by atoms with E-state index in [9.17, 15) is 4.79 Å². The van der Waals surface area contributed by atoms with Gasteiger partial charge in [0.15, 0.2) is 6.73 Å². The third kappa shape index (κ3) is 3.21. The first kappa shape index (κ1) is 18.0. The highest BCUT2D eigenvalue weighted by molar-refractivity contribution is 9.10. The van der Waals surface area contributed by atoms with Gasteiger partial charge in [0, 0.05) is 39.3 Å². The van der Waals surface area contributed by atoms with E-state index < -0.39 is 0 Å². The van der Waals surface area contributed by atoms with Crippen molar-refractivity contribution in [2.75, 3.05) is 11.6 Å². The summed E-state index contributed by atoms with van der Waals surface area (Å²) in [7, 11) is 0. The number of aryl methyl sites for hydroxylation is 1. The number of fused-ring (bicyclic) bond motifs is 2. The van der Waals surface area contributed by atoms with Crippen LogP contribution in [0.15, 0.2) is 80.4 Å². The molecule has 5 heteroatoms. The van der Waals surface area contributed by atoms with Crippen molar-refractivity contribution in [3.05, 3.63) is 92.7 Å². The second-order valence-electron chi connectivity index (χ2n) is 7.16. The lowest BCUT2D eigenvalue weighted by Gasteiger charge is -2.32. The maximum Gasteiger partial charge on any atom is 0.336 e. The third-order valence-electron chi connectivity index (χ3n) is 5.28. The molecule has 5 rings (SSSR count). The van der Waals surface area contributed by atoms with Gasteiger partial charge in [0.2, 0.25) is 0 Å². The van der Waals surface area contributed by atoms with Crippen molar-refractivity contribution in [3.8, 4) is 16.9 Å². The molecule has 0 radical (unpaired) electrons. The summed E-state index contributed by atoms with van der Waals surface area (Å²) < 4.78 is 12.7. The molecule has 0 saturated carbocycles. The molecule has 0 spiro atoms. The Labute approximate surface area is 176 Å². The van der Waals surface area contributed by atoms with Crippen molar-refractivity contribution in [3.63, 3.8) is 0 Å². The Kier molecular flexibility index (Phi) is 4.40. The molecule has 0 N–H and O–H groups in total. The van der Waals surface area contributed by atoms with Gasteiger partial charge in [-0.3, -0.25) is 0 Å². The molecule has 0 amide bonds. The summed E-state index contributed by atoms with van der Waals surface area (Å²) in [5.74, 6) is 0.803. The zero-order chi connectivity index (χ0) is 20.0. The highest BCUT2D eigenvalue weighted by Gasteiger charge is 2.23. The average molecular weight is 448 g/mol. The van der Waals surface area contributed by atoms with Gasteiger partial charge in [-0.25, -0.2) is 4.79 Å². The quantitative estimate of drug-likeness (QED) is 0.359. The topological polar surface area (TPSA) is 42.7 Å². The Morgan fingerprint density at radius 3 is 2.62 bits per heavy atom. The number of hydrogen-bond acceptors (Lipinski definition) is 4. The molecule has 0 saturated heterocycles. The van der Waals surface area contributed by atoms with Crippen molar-refractivity contribution in [2.45, 2.75) is 13.5 Å². The summed E-state index contributed by atoms with van der Waals surface area (Å²) in [6, 6.07) is 21.8. The molecule has 29 heavy (non-hydrogen) atoms. The monoisotopic (exact) mass is 447 g/mol. The number of hydrogen-bond donors (Lipinski definition) is 0. The minimum absolute atomic E-state index is 0.356. The fraction of sp³-hybridized carbons (Fsp3) is 0.125. The van der Waals surface area contributed by atoms with Crippen LogP contribution in [0.3, 0.4) is 0 Å². The SMILES string of the molecule is Cc1c2c(cc3c(-c4ccccc4)cc(=O)oc13)CN(c1cccc(Br)c1)CO2. The minimum atomic E-state index is -0.356. The van der Waals surface area contributed by atoms with Crippen molar-refractivity contribution in [2.24, 2.45) is 0 Å². The lowest BCUT2D eigenvalue weighted by molar-refractivity contribution is 0.287. The van der Waals surface area contributed by atoms with Gasteiger partial charge in [-0.2, -0.15) is 0 Å². The first-order valence-corrected chi connectivity index (χ1v) is 10.2. The van der Waals surface area contributed by atoms with E-state index >= 15 is 0 Å². The molecule has 4 nitrogen and oxygen atoms in total. The number of rotatable bonds is 2. The molecular weight excluding hydrogens is 430 g/mol. The number of halogens is 1. The summed E-state index contributed by atoms with van der Waals surface area (Å²) >= 11 is 3.54. The van der Waals surface area contributed by atoms with E-state index in [1.165, 1.54) is 0 Å². The molecule has 1 aliphatic heterocycles. The van der Waals surface area contributed by atoms with E-state index in [4.69, 9.17) is 9.15 Å². The summed E-state index contributed by atoms with van der Waals surface area (Å²) in [5.41, 5.74) is 5.13. The zero-order valence-electron chi connectivity index (χ0n) is 15.8. The molecule has 3 aromatic carbocycles. The second kappa shape index (κ2) is 7.08. The molecule has 0 fully saturated rings. The van der Waals surface area contributed by atoms with Crippen molar-refractivity contribution >= 4 is 32.6 Å². The van der Waals surface area contributed by atoms with Crippen LogP contribution in [0.25, 0.3) is 22.1 Å². The molecule has 1 aromatic heterocycles. The first-order chi connectivity index (χ1) is 14.1. The van der Waals surface area contributed by atoms with Gasteiger partial charge in [0.25, 0.3) is 0 Å². The standard InChI is InChI=1S/C24H18BrNO3/c1-15-23-17(13-26(14-28-23)19-9-5-8-18(25)11-19)10-21-20(12-22(27)29-24(15)21)16-6-3-2-4-7-16/h2-12H,13-14H2,1H3. The van der Waals surface area contributed by atoms with Crippen LogP contribution in [0.4, 0.5) is 5.69 Å². The lowest BCUT2D eigenvalue weighted by Crippen LogP contribution is -2.32. The second-order valence-corrected chi connectivity index (χ2v) is 8.08. The molecule has 1 aliphatic rings. The van der Waals surface area contributed by atoms with Crippen LogP contribution >= 0.6 is 15.9 Å². The fourth-order valence-electron chi connectivity index (χ4n) is 3.92. The molecule has 2 heterocycles. The van der Waals surface area contributed by atoms with E-state index in [1.807, 2.05) is 49.4 Å². The van der Waals surface area contributed by atoms with Crippen LogP contribution in [-0.4, -0.2) is 6.73 Å². The van der Waals surface area contributed by atoms with Crippen LogP contribution in [0, 0.1) is 6.92 Å². The number of anilines is 1. The maximum absolute atomic E-state index is 12.2. The Morgan fingerprint density at radius 1 is 1.00 bits per heavy atom. The minimum Gasteiger partial charge on any atom is -0.472 e. The van der Waals surface area contributed by atoms with E-state index in [2.05, 4.69) is 39.0 Å². The van der Waals surface area contributed by atoms with Gasteiger partial charge in [-0.15, -0.1) is 0 Å². The summed E-state index contributed by atoms with van der Waals surface area (Å²) in [6.45, 7) is 3.11. The van der Waals surface area contributed by atoms with Gasteiger partial charge < -0.3 is 14.1 Å². The Hall–Kier alpha value is -3.05. The first-order valence-electron chi connectivity index (χ1n) is 9.39. The number of benzene rings is 3. The highest BCUT2D eigenvalue weighted by atomic mass is 79.9. The molecule has 0 aliphatic carbocycles. The van der Waals surface area contributed by atoms with Gasteiger partial charge >= 0.3 is 5.63 Å². The maximum atomic E-state index is 12.2. The predicted octanol–water partition coefficient (Wildman–Crippen LogP) is 5.89. The number of ether oxygens (including phenoxy) is 1. The Morgan fingerprint density at radius 2 is 1.83 bits per heavy atom. The zero-order valence-corrected chi connectivity index (χ0v) is 17.4. The van der Waals surface area contributed by atoms with Gasteiger partial charge in [0.1, 0.15) is 11.3 Å². The molecule has 0 unspecified atom stereocenters. The highest BCUT2D eigenvalue weighted by Crippen LogP contribution is 2.39. The largest absolute Gasteiger partial charge is 0.472 e. The van der Waals surface area contributed by atoms with Crippen molar-refractivity contribution in [1.29, 1.82) is 0 Å². The molecule has 0 bridgehead atoms. The Balaban J connectivity index is 1.68. The van der Waals surface area contributed by atoms with Crippen LogP contribution in [0.2, 0.25) is 0 Å². The van der Waals surface area contributed by atoms with Crippen LogP contribution in [-0.2, 0) is 6.54 Å². The summed E-state index contributed by atoms with van der Waals surface area (Å²) in [4.78, 5) is 14.4. The van der Waals surface area contributed by atoms with Gasteiger partial charge in [0.05, 0.1) is 0 Å². The van der Waals surface area contributed by atoms with E-state index in [1.54, 1.807) is 6.07 Å². The van der Waals surface area contributed by atoms with Crippen molar-refractivity contribution < 1.29 is 9.15 Å². The summed E-state index contributed by atoms with van der Waals surface area (Å²) in [6.07, 6.45) is 0. The lowest BCUT2D eigenvalue weighted by atomic mass is 9.97. The predicted molar refractivity (Wildman–Crippen MR) is 118 cm³/mol. The smallest absolute Gasteiger partial charge is 0.336 e. The average Bonchev–Trinajstić information content (AvgIpc) is 2.74. The van der Waals surface area contributed by atoms with Crippen LogP contribution in [0.1, 0.15) is 11.1 Å². The van der Waals surface area contributed by atoms with Gasteiger partial charge in [-0.1, -0.05) is 52.3 Å². The normalized spacial score (nSPS) is 13.2. The van der Waals surface area contributed by atoms with E-state index in [0.717, 1.165) is 50.1 Å².